The molecular formula is C13H17N5O3. The van der Waals surface area contributed by atoms with Gasteiger partial charge in [0.05, 0.1) is 30.8 Å². The van der Waals surface area contributed by atoms with Crippen molar-refractivity contribution in [3.8, 4) is 17.1 Å². The van der Waals surface area contributed by atoms with Crippen molar-refractivity contribution in [2.24, 2.45) is 5.41 Å². The van der Waals surface area contributed by atoms with Gasteiger partial charge in [0, 0.05) is 6.20 Å². The standard InChI is InChI=1S/C13H17N5O3/c1-4-13(2,12(19)20)8-18-11(15-16-17-18)9-5-6-14-7-10(9)21-3/h5-7H,4,8H2,1-3H3,(H,19,20). The van der Waals surface area contributed by atoms with Crippen molar-refractivity contribution in [3.63, 3.8) is 0 Å². The first-order valence-corrected chi connectivity index (χ1v) is 6.49. The number of pyridine rings is 1. The van der Waals surface area contributed by atoms with Crippen LogP contribution >= 0.6 is 0 Å². The summed E-state index contributed by atoms with van der Waals surface area (Å²) in [6.45, 7) is 3.67. The van der Waals surface area contributed by atoms with Gasteiger partial charge < -0.3 is 9.84 Å². The summed E-state index contributed by atoms with van der Waals surface area (Å²) in [5.74, 6) is 0.102. The van der Waals surface area contributed by atoms with Gasteiger partial charge in [-0.1, -0.05) is 6.92 Å². The second-order valence-corrected chi connectivity index (χ2v) is 4.96. The van der Waals surface area contributed by atoms with E-state index in [4.69, 9.17) is 4.74 Å². The summed E-state index contributed by atoms with van der Waals surface area (Å²) in [6.07, 6.45) is 3.63. The molecule has 8 nitrogen and oxygen atoms in total. The van der Waals surface area contributed by atoms with E-state index in [0.717, 1.165) is 0 Å². The first kappa shape index (κ1) is 14.9. The molecule has 2 aromatic rings. The summed E-state index contributed by atoms with van der Waals surface area (Å²) in [7, 11) is 1.53. The number of rotatable bonds is 6. The lowest BCUT2D eigenvalue weighted by Crippen LogP contribution is -2.32. The third-order valence-corrected chi connectivity index (χ3v) is 3.57. The van der Waals surface area contributed by atoms with Crippen molar-refractivity contribution in [1.29, 1.82) is 0 Å². The minimum Gasteiger partial charge on any atom is -0.494 e. The molecule has 0 bridgehead atoms. The van der Waals surface area contributed by atoms with Crippen molar-refractivity contribution in [3.05, 3.63) is 18.5 Å². The van der Waals surface area contributed by atoms with Gasteiger partial charge in [-0.25, -0.2) is 4.68 Å². The van der Waals surface area contributed by atoms with Gasteiger partial charge in [0.1, 0.15) is 5.75 Å². The number of nitrogens with zero attached hydrogens (tertiary/aromatic N) is 5. The maximum atomic E-state index is 11.4. The number of carboxylic acid groups (broad SMARTS) is 1. The van der Waals surface area contributed by atoms with Gasteiger partial charge in [0.15, 0.2) is 5.82 Å². The molecular weight excluding hydrogens is 274 g/mol. The number of hydrogen-bond acceptors (Lipinski definition) is 6. The average molecular weight is 291 g/mol. The van der Waals surface area contributed by atoms with E-state index in [9.17, 15) is 9.90 Å². The first-order valence-electron chi connectivity index (χ1n) is 6.49. The van der Waals surface area contributed by atoms with Crippen LogP contribution in [0.25, 0.3) is 11.4 Å². The number of methoxy groups -OCH3 is 1. The zero-order valence-electron chi connectivity index (χ0n) is 12.1. The molecule has 0 aliphatic heterocycles. The van der Waals surface area contributed by atoms with Gasteiger partial charge in [-0.2, -0.15) is 0 Å². The van der Waals surface area contributed by atoms with Crippen molar-refractivity contribution < 1.29 is 14.6 Å². The molecule has 0 aliphatic rings. The number of hydrogen-bond donors (Lipinski definition) is 1. The molecule has 0 radical (unpaired) electrons. The number of tetrazole rings is 1. The highest BCUT2D eigenvalue weighted by Crippen LogP contribution is 2.29. The minimum atomic E-state index is -0.940. The van der Waals surface area contributed by atoms with Crippen LogP contribution in [0.5, 0.6) is 5.75 Å². The first-order chi connectivity index (χ1) is 10.0. The predicted octanol–water partition coefficient (Wildman–Crippen LogP) is 1.24. The number of aromatic nitrogens is 5. The summed E-state index contributed by atoms with van der Waals surface area (Å²) >= 11 is 0. The Labute approximate surface area is 121 Å². The molecule has 0 aromatic carbocycles. The normalized spacial score (nSPS) is 13.7. The topological polar surface area (TPSA) is 103 Å². The van der Waals surface area contributed by atoms with Crippen LogP contribution in [0.15, 0.2) is 18.5 Å². The summed E-state index contributed by atoms with van der Waals surface area (Å²) in [5, 5.41) is 20.9. The Balaban J connectivity index is 2.42. The van der Waals surface area contributed by atoms with Gasteiger partial charge in [-0.15, -0.1) is 5.10 Å². The average Bonchev–Trinajstić information content (AvgIpc) is 2.94. The third-order valence-electron chi connectivity index (χ3n) is 3.57. The van der Waals surface area contributed by atoms with Crippen LogP contribution in [0.1, 0.15) is 20.3 Å². The van der Waals surface area contributed by atoms with E-state index in [1.54, 1.807) is 25.4 Å². The maximum Gasteiger partial charge on any atom is 0.311 e. The van der Waals surface area contributed by atoms with Crippen molar-refractivity contribution in [2.75, 3.05) is 7.11 Å². The SMILES string of the molecule is CCC(C)(Cn1nnnc1-c1ccncc1OC)C(=O)O. The van der Waals surface area contributed by atoms with Crippen LogP contribution in [0.2, 0.25) is 0 Å². The Morgan fingerprint density at radius 3 is 2.90 bits per heavy atom. The molecule has 8 heteroatoms. The molecule has 0 saturated carbocycles. The molecule has 2 heterocycles. The summed E-state index contributed by atoms with van der Waals surface area (Å²) in [4.78, 5) is 15.4. The second-order valence-electron chi connectivity index (χ2n) is 4.96. The number of carboxylic acids is 1. The van der Waals surface area contributed by atoms with Crippen LogP contribution in [-0.2, 0) is 11.3 Å². The van der Waals surface area contributed by atoms with E-state index in [2.05, 4.69) is 20.5 Å². The van der Waals surface area contributed by atoms with E-state index < -0.39 is 11.4 Å². The maximum absolute atomic E-state index is 11.4. The molecule has 0 fully saturated rings. The highest BCUT2D eigenvalue weighted by molar-refractivity contribution is 5.74. The van der Waals surface area contributed by atoms with Crippen LogP contribution in [0.3, 0.4) is 0 Å². The van der Waals surface area contributed by atoms with Crippen molar-refractivity contribution >= 4 is 5.97 Å². The molecule has 2 aromatic heterocycles. The molecule has 0 amide bonds. The monoisotopic (exact) mass is 291 g/mol. The summed E-state index contributed by atoms with van der Waals surface area (Å²) < 4.78 is 6.72. The smallest absolute Gasteiger partial charge is 0.311 e. The van der Waals surface area contributed by atoms with Gasteiger partial charge in [0.25, 0.3) is 0 Å². The molecule has 0 spiro atoms. The Kier molecular flexibility index (Phi) is 4.15. The van der Waals surface area contributed by atoms with Gasteiger partial charge >= 0.3 is 5.97 Å². The van der Waals surface area contributed by atoms with E-state index in [1.165, 1.54) is 11.8 Å². The zero-order valence-corrected chi connectivity index (χ0v) is 12.1. The lowest BCUT2D eigenvalue weighted by molar-refractivity contribution is -0.149. The summed E-state index contributed by atoms with van der Waals surface area (Å²) in [6, 6.07) is 1.73. The highest BCUT2D eigenvalue weighted by Gasteiger charge is 2.33. The summed E-state index contributed by atoms with van der Waals surface area (Å²) in [5.41, 5.74) is -0.272. The fraction of sp³-hybridized carbons (Fsp3) is 0.462. The Bertz CT molecular complexity index is 642. The molecule has 0 saturated heterocycles. The zero-order chi connectivity index (χ0) is 15.5. The molecule has 112 valence electrons. The Hall–Kier alpha value is -2.51. The molecule has 2 rings (SSSR count). The van der Waals surface area contributed by atoms with Crippen LogP contribution in [-0.4, -0.2) is 43.4 Å². The van der Waals surface area contributed by atoms with Crippen LogP contribution in [0.4, 0.5) is 0 Å². The number of aliphatic carboxylic acids is 1. The van der Waals surface area contributed by atoms with Gasteiger partial charge in [-0.3, -0.25) is 9.78 Å². The van der Waals surface area contributed by atoms with Gasteiger partial charge in [-0.05, 0) is 29.8 Å². The van der Waals surface area contributed by atoms with E-state index in [0.29, 0.717) is 23.6 Å². The van der Waals surface area contributed by atoms with E-state index in [-0.39, 0.29) is 6.54 Å². The van der Waals surface area contributed by atoms with Gasteiger partial charge in [0.2, 0.25) is 0 Å². The molecule has 1 atom stereocenters. The lowest BCUT2D eigenvalue weighted by atomic mass is 9.88. The third kappa shape index (κ3) is 2.83. The quantitative estimate of drug-likeness (QED) is 0.854. The minimum absolute atomic E-state index is 0.173. The van der Waals surface area contributed by atoms with Crippen molar-refractivity contribution in [2.45, 2.75) is 26.8 Å². The molecule has 1 unspecified atom stereocenters. The molecule has 0 aliphatic carbocycles. The lowest BCUT2D eigenvalue weighted by Gasteiger charge is -2.23. The molecule has 1 N–H and O–H groups in total. The fourth-order valence-corrected chi connectivity index (χ4v) is 1.89. The predicted molar refractivity (Wildman–Crippen MR) is 73.6 cm³/mol. The van der Waals surface area contributed by atoms with Crippen LogP contribution < -0.4 is 4.74 Å². The Morgan fingerprint density at radius 2 is 2.29 bits per heavy atom. The Morgan fingerprint density at radius 1 is 1.52 bits per heavy atom. The van der Waals surface area contributed by atoms with Crippen molar-refractivity contribution in [1.82, 2.24) is 25.2 Å². The number of carbonyl (C=O) groups is 1. The van der Waals surface area contributed by atoms with E-state index >= 15 is 0 Å². The van der Waals surface area contributed by atoms with E-state index in [1.807, 2.05) is 6.92 Å². The fourth-order valence-electron chi connectivity index (χ4n) is 1.89. The molecule has 21 heavy (non-hydrogen) atoms. The largest absolute Gasteiger partial charge is 0.494 e. The highest BCUT2D eigenvalue weighted by atomic mass is 16.5. The van der Waals surface area contributed by atoms with Crippen LogP contribution in [0, 0.1) is 5.41 Å². The number of ether oxygens (including phenoxy) is 1. The second kappa shape index (κ2) is 5.86.